The minimum Gasteiger partial charge on any atom is -0.490 e. The van der Waals surface area contributed by atoms with Crippen LogP contribution in [0.1, 0.15) is 59.4 Å². The predicted molar refractivity (Wildman–Crippen MR) is 155 cm³/mol. The standard InChI is InChI=1S/C32H31F4N5O3/c1-19-24(17-41(40-19)23-6-4-3-5-7-23)30(43)38-16-21(12-13-32(34,35)36)26-14-25-29(44-18-31(25,2)15-27(37)42)28(39-26)20-8-10-22(33)11-9-20/h3-11,14,17,21H,12-13,15-16,18H2,1-2H3,(H2,37,42)(H,38,43)/t21?,31-/m0/s1. The van der Waals surface area contributed by atoms with Crippen LogP contribution in [-0.4, -0.2) is 45.9 Å². The van der Waals surface area contributed by atoms with Crippen molar-refractivity contribution in [3.8, 4) is 22.7 Å². The normalized spacial score (nSPS) is 16.7. The summed E-state index contributed by atoms with van der Waals surface area (Å²) in [4.78, 5) is 29.9. The third-order valence-corrected chi connectivity index (χ3v) is 7.73. The predicted octanol–water partition coefficient (Wildman–Crippen LogP) is 5.76. The zero-order valence-electron chi connectivity index (χ0n) is 24.1. The number of hydrogen-bond donors (Lipinski definition) is 2. The van der Waals surface area contributed by atoms with Gasteiger partial charge in [-0.15, -0.1) is 0 Å². The van der Waals surface area contributed by atoms with E-state index in [-0.39, 0.29) is 37.3 Å². The quantitative estimate of drug-likeness (QED) is 0.222. The van der Waals surface area contributed by atoms with Crippen LogP contribution in [0, 0.1) is 12.7 Å². The van der Waals surface area contributed by atoms with Gasteiger partial charge in [0.05, 0.1) is 23.6 Å². The van der Waals surface area contributed by atoms with E-state index in [2.05, 4.69) is 10.4 Å². The van der Waals surface area contributed by atoms with E-state index in [4.69, 9.17) is 15.5 Å². The Balaban J connectivity index is 1.51. The van der Waals surface area contributed by atoms with Crippen molar-refractivity contribution in [2.24, 2.45) is 5.73 Å². The molecule has 44 heavy (non-hydrogen) atoms. The van der Waals surface area contributed by atoms with Crippen LogP contribution in [0.3, 0.4) is 0 Å². The maximum atomic E-state index is 13.7. The van der Waals surface area contributed by atoms with E-state index in [9.17, 15) is 27.2 Å². The van der Waals surface area contributed by atoms with Crippen molar-refractivity contribution in [2.45, 2.75) is 50.6 Å². The fourth-order valence-corrected chi connectivity index (χ4v) is 5.40. The van der Waals surface area contributed by atoms with E-state index in [1.165, 1.54) is 24.3 Å². The molecule has 1 aliphatic rings. The molecule has 0 saturated carbocycles. The average molecular weight is 610 g/mol. The molecular formula is C32H31F4N5O3. The number of para-hydroxylation sites is 1. The van der Waals surface area contributed by atoms with Crippen LogP contribution in [0.4, 0.5) is 17.6 Å². The number of alkyl halides is 3. The molecule has 5 rings (SSSR count). The second kappa shape index (κ2) is 12.1. The molecule has 0 spiro atoms. The number of pyridine rings is 1. The average Bonchev–Trinajstić information content (AvgIpc) is 3.52. The molecule has 3 N–H and O–H groups in total. The molecule has 0 aliphatic carbocycles. The van der Waals surface area contributed by atoms with Crippen LogP contribution >= 0.6 is 0 Å². The number of aromatic nitrogens is 3. The van der Waals surface area contributed by atoms with Gasteiger partial charge >= 0.3 is 6.18 Å². The van der Waals surface area contributed by atoms with Gasteiger partial charge in [0, 0.05) is 53.7 Å². The second-order valence-electron chi connectivity index (χ2n) is 11.2. The summed E-state index contributed by atoms with van der Waals surface area (Å²) >= 11 is 0. The number of carbonyl (C=O) groups is 2. The molecule has 3 heterocycles. The van der Waals surface area contributed by atoms with Crippen LogP contribution < -0.4 is 15.8 Å². The van der Waals surface area contributed by atoms with Crippen molar-refractivity contribution < 1.29 is 31.9 Å². The summed E-state index contributed by atoms with van der Waals surface area (Å²) in [5.74, 6) is -2.06. The number of benzene rings is 2. The van der Waals surface area contributed by atoms with Crippen LogP contribution in [0.15, 0.2) is 66.9 Å². The van der Waals surface area contributed by atoms with Gasteiger partial charge < -0.3 is 15.8 Å². The third kappa shape index (κ3) is 6.74. The van der Waals surface area contributed by atoms with Crippen LogP contribution in [-0.2, 0) is 10.2 Å². The molecule has 1 aliphatic heterocycles. The van der Waals surface area contributed by atoms with E-state index in [0.717, 1.165) is 5.69 Å². The highest BCUT2D eigenvalue weighted by Crippen LogP contribution is 2.47. The monoisotopic (exact) mass is 609 g/mol. The Hall–Kier alpha value is -4.74. The number of primary amides is 1. The number of fused-ring (bicyclic) bond motifs is 1. The maximum Gasteiger partial charge on any atom is 0.389 e. The maximum absolute atomic E-state index is 13.7. The van der Waals surface area contributed by atoms with Gasteiger partial charge in [-0.2, -0.15) is 18.3 Å². The zero-order chi connectivity index (χ0) is 31.6. The summed E-state index contributed by atoms with van der Waals surface area (Å²) in [5, 5.41) is 7.17. The Morgan fingerprint density at radius 2 is 1.84 bits per heavy atom. The Kier molecular flexibility index (Phi) is 8.44. The highest BCUT2D eigenvalue weighted by atomic mass is 19.4. The molecule has 2 aromatic heterocycles. The first-order valence-electron chi connectivity index (χ1n) is 14.0. The molecule has 2 atom stereocenters. The molecule has 0 fully saturated rings. The summed E-state index contributed by atoms with van der Waals surface area (Å²) in [6.07, 6.45) is -4.43. The lowest BCUT2D eigenvalue weighted by Crippen LogP contribution is -2.31. The molecule has 0 radical (unpaired) electrons. The van der Waals surface area contributed by atoms with E-state index < -0.39 is 41.6 Å². The zero-order valence-corrected chi connectivity index (χ0v) is 24.1. The highest BCUT2D eigenvalue weighted by Gasteiger charge is 2.41. The van der Waals surface area contributed by atoms with E-state index in [1.807, 2.05) is 30.3 Å². The molecule has 2 amide bonds. The van der Waals surface area contributed by atoms with Gasteiger partial charge in [0.15, 0.2) is 0 Å². The number of nitrogens with zero attached hydrogens (tertiary/aromatic N) is 3. The first-order valence-corrected chi connectivity index (χ1v) is 14.0. The molecule has 8 nitrogen and oxygen atoms in total. The van der Waals surface area contributed by atoms with Gasteiger partial charge in [-0.25, -0.2) is 14.1 Å². The fraction of sp³-hybridized carbons (Fsp3) is 0.312. The molecule has 4 aromatic rings. The molecule has 1 unspecified atom stereocenters. The molecule has 12 heteroatoms. The third-order valence-electron chi connectivity index (χ3n) is 7.73. The Morgan fingerprint density at radius 1 is 1.14 bits per heavy atom. The van der Waals surface area contributed by atoms with Gasteiger partial charge in [-0.05, 0) is 55.8 Å². The first-order chi connectivity index (χ1) is 20.8. The smallest absolute Gasteiger partial charge is 0.389 e. The van der Waals surface area contributed by atoms with Gasteiger partial charge in [-0.3, -0.25) is 9.59 Å². The molecule has 0 bridgehead atoms. The van der Waals surface area contributed by atoms with Crippen molar-refractivity contribution in [1.29, 1.82) is 0 Å². The van der Waals surface area contributed by atoms with E-state index in [0.29, 0.717) is 28.3 Å². The number of aryl methyl sites for hydroxylation is 1. The lowest BCUT2D eigenvalue weighted by Gasteiger charge is -2.24. The van der Waals surface area contributed by atoms with Crippen LogP contribution in [0.2, 0.25) is 0 Å². The topological polar surface area (TPSA) is 112 Å². The summed E-state index contributed by atoms with van der Waals surface area (Å²) in [7, 11) is 0. The lowest BCUT2D eigenvalue weighted by molar-refractivity contribution is -0.136. The van der Waals surface area contributed by atoms with Crippen molar-refractivity contribution in [3.63, 3.8) is 0 Å². The summed E-state index contributed by atoms with van der Waals surface area (Å²) in [6, 6.07) is 16.3. The minimum atomic E-state index is -4.45. The minimum absolute atomic E-state index is 0.0685. The highest BCUT2D eigenvalue weighted by molar-refractivity contribution is 5.95. The Bertz CT molecular complexity index is 1670. The largest absolute Gasteiger partial charge is 0.490 e. The number of nitrogens with one attached hydrogen (secondary N) is 1. The number of ether oxygens (including phenoxy) is 1. The van der Waals surface area contributed by atoms with Gasteiger partial charge in [-0.1, -0.05) is 25.1 Å². The molecule has 2 aromatic carbocycles. The van der Waals surface area contributed by atoms with E-state index in [1.54, 1.807) is 30.8 Å². The number of halogens is 4. The van der Waals surface area contributed by atoms with Crippen molar-refractivity contribution in [2.75, 3.05) is 13.2 Å². The summed E-state index contributed by atoms with van der Waals surface area (Å²) in [6.45, 7) is 3.39. The summed E-state index contributed by atoms with van der Waals surface area (Å²) in [5.41, 5.74) is 7.75. The first kappa shape index (κ1) is 30.7. The number of nitrogens with two attached hydrogens (primary N) is 1. The number of amides is 2. The van der Waals surface area contributed by atoms with Crippen molar-refractivity contribution in [3.05, 3.63) is 95.2 Å². The van der Waals surface area contributed by atoms with Gasteiger partial charge in [0.2, 0.25) is 5.91 Å². The Morgan fingerprint density at radius 3 is 2.50 bits per heavy atom. The lowest BCUT2D eigenvalue weighted by atomic mass is 9.80. The molecule has 230 valence electrons. The summed E-state index contributed by atoms with van der Waals surface area (Å²) < 4.78 is 61.6. The number of hydrogen-bond acceptors (Lipinski definition) is 5. The van der Waals surface area contributed by atoms with Gasteiger partial charge in [0.25, 0.3) is 5.91 Å². The van der Waals surface area contributed by atoms with Crippen LogP contribution in [0.5, 0.6) is 5.75 Å². The van der Waals surface area contributed by atoms with Crippen LogP contribution in [0.25, 0.3) is 16.9 Å². The van der Waals surface area contributed by atoms with Crippen molar-refractivity contribution in [1.82, 2.24) is 20.1 Å². The number of rotatable bonds is 10. The second-order valence-corrected chi connectivity index (χ2v) is 11.2. The van der Waals surface area contributed by atoms with Gasteiger partial charge in [0.1, 0.15) is 17.3 Å². The number of carbonyl (C=O) groups excluding carboxylic acids is 2. The molecule has 0 saturated heterocycles. The molecular weight excluding hydrogens is 578 g/mol. The van der Waals surface area contributed by atoms with E-state index >= 15 is 0 Å². The Labute approximate surface area is 251 Å². The van der Waals surface area contributed by atoms with Crippen molar-refractivity contribution >= 4 is 11.8 Å². The SMILES string of the molecule is Cc1nn(-c2ccccc2)cc1C(=O)NCC(CCC(F)(F)F)c1cc2c(c(-c3ccc(F)cc3)n1)OC[C@]2(C)CC(N)=O. The fourth-order valence-electron chi connectivity index (χ4n) is 5.40.